The molecule has 0 bridgehead atoms. The van der Waals surface area contributed by atoms with Gasteiger partial charge in [0.2, 0.25) is 0 Å². The Bertz CT molecular complexity index is 561. The van der Waals surface area contributed by atoms with Gasteiger partial charge in [-0.2, -0.15) is 13.2 Å². The third-order valence-electron chi connectivity index (χ3n) is 4.24. The molecule has 3 atom stereocenters. The van der Waals surface area contributed by atoms with E-state index in [1.165, 1.54) is 36.3 Å². The zero-order valence-electron chi connectivity index (χ0n) is 13.5. The number of carbonyl (C=O) groups excluding carboxylic acids is 1. The summed E-state index contributed by atoms with van der Waals surface area (Å²) in [5.74, 6) is 0.325. The van der Waals surface area contributed by atoms with Crippen LogP contribution in [0.5, 0.6) is 5.75 Å². The Morgan fingerprint density at radius 2 is 2.00 bits per heavy atom. The number of methoxy groups -OCH3 is 1. The van der Waals surface area contributed by atoms with E-state index in [0.717, 1.165) is 0 Å². The van der Waals surface area contributed by atoms with Gasteiger partial charge in [0, 0.05) is 19.0 Å². The van der Waals surface area contributed by atoms with Crippen molar-refractivity contribution in [3.63, 3.8) is 0 Å². The van der Waals surface area contributed by atoms with Crippen LogP contribution in [-0.2, 0) is 0 Å². The third kappa shape index (κ3) is 4.31. The highest BCUT2D eigenvalue weighted by atomic mass is 19.4. The predicted molar refractivity (Wildman–Crippen MR) is 81.7 cm³/mol. The molecule has 134 valence electrons. The molecule has 0 spiro atoms. The molecule has 2 rings (SSSR count). The summed E-state index contributed by atoms with van der Waals surface area (Å²) in [5, 5.41) is 11.6. The first-order valence-electron chi connectivity index (χ1n) is 7.66. The van der Waals surface area contributed by atoms with Gasteiger partial charge in [-0.25, -0.2) is 4.79 Å². The molecule has 8 heteroatoms. The molecule has 2 N–H and O–H groups in total. The van der Waals surface area contributed by atoms with Crippen LogP contribution in [0, 0.1) is 5.92 Å². The summed E-state index contributed by atoms with van der Waals surface area (Å²) in [6.07, 6.45) is -4.64. The zero-order chi connectivity index (χ0) is 17.9. The predicted octanol–water partition coefficient (Wildman–Crippen LogP) is 2.71. The highest BCUT2D eigenvalue weighted by molar-refractivity contribution is 5.75. The number of halogens is 3. The first kappa shape index (κ1) is 18.4. The van der Waals surface area contributed by atoms with Crippen LogP contribution in [0.15, 0.2) is 24.3 Å². The van der Waals surface area contributed by atoms with Crippen molar-refractivity contribution >= 4 is 6.03 Å². The zero-order valence-corrected chi connectivity index (χ0v) is 13.5. The van der Waals surface area contributed by atoms with Crippen LogP contribution in [0.25, 0.3) is 0 Å². The van der Waals surface area contributed by atoms with Gasteiger partial charge in [0.1, 0.15) is 5.75 Å². The molecule has 1 fully saturated rings. The van der Waals surface area contributed by atoms with Crippen LogP contribution < -0.4 is 10.1 Å². The minimum Gasteiger partial charge on any atom is -0.497 e. The smallest absolute Gasteiger partial charge is 0.412 e. The third-order valence-corrected chi connectivity index (χ3v) is 4.24. The van der Waals surface area contributed by atoms with E-state index in [0.29, 0.717) is 18.7 Å². The van der Waals surface area contributed by atoms with E-state index in [-0.39, 0.29) is 18.0 Å². The molecule has 0 aromatic heterocycles. The Kier molecular flexibility index (Phi) is 5.58. The molecular weight excluding hydrogens is 325 g/mol. The first-order chi connectivity index (χ1) is 11.2. The quantitative estimate of drug-likeness (QED) is 0.881. The number of urea groups is 1. The first-order valence-corrected chi connectivity index (χ1v) is 7.66. The number of carbonyl (C=O) groups is 1. The SMILES string of the molecule is COc1ccc(C(NC(=O)N2CCC(C(C)O)C2)C(F)(F)F)cc1. The summed E-state index contributed by atoms with van der Waals surface area (Å²) in [4.78, 5) is 13.5. The fourth-order valence-electron chi connectivity index (χ4n) is 2.73. The molecule has 1 aromatic rings. The maximum absolute atomic E-state index is 13.3. The molecule has 1 aliphatic rings. The summed E-state index contributed by atoms with van der Waals surface area (Å²) in [7, 11) is 1.42. The van der Waals surface area contributed by atoms with Crippen LogP contribution in [0.4, 0.5) is 18.0 Å². The van der Waals surface area contributed by atoms with Crippen molar-refractivity contribution in [3.8, 4) is 5.75 Å². The van der Waals surface area contributed by atoms with Crippen molar-refractivity contribution in [2.75, 3.05) is 20.2 Å². The van der Waals surface area contributed by atoms with Crippen molar-refractivity contribution in [1.29, 1.82) is 0 Å². The molecular formula is C16H21F3N2O3. The summed E-state index contributed by atoms with van der Waals surface area (Å²) < 4.78 is 44.9. The monoisotopic (exact) mass is 346 g/mol. The lowest BCUT2D eigenvalue weighted by molar-refractivity contribution is -0.155. The molecule has 3 unspecified atom stereocenters. The van der Waals surface area contributed by atoms with Gasteiger partial charge in [-0.3, -0.25) is 0 Å². The second kappa shape index (κ2) is 7.29. The second-order valence-electron chi connectivity index (χ2n) is 5.93. The highest BCUT2D eigenvalue weighted by Crippen LogP contribution is 2.34. The largest absolute Gasteiger partial charge is 0.497 e. The average molecular weight is 346 g/mol. The van der Waals surface area contributed by atoms with Crippen LogP contribution in [-0.4, -0.2) is 48.5 Å². The van der Waals surface area contributed by atoms with Gasteiger partial charge in [0.05, 0.1) is 13.2 Å². The maximum atomic E-state index is 13.3. The van der Waals surface area contributed by atoms with E-state index in [1.807, 2.05) is 0 Å². The van der Waals surface area contributed by atoms with Crippen molar-refractivity contribution in [3.05, 3.63) is 29.8 Å². The maximum Gasteiger partial charge on any atom is 0.412 e. The lowest BCUT2D eigenvalue weighted by atomic mass is 10.0. The number of aliphatic hydroxyl groups excluding tert-OH is 1. The molecule has 1 aliphatic heterocycles. The lowest BCUT2D eigenvalue weighted by Crippen LogP contribution is -2.45. The number of rotatable bonds is 4. The van der Waals surface area contributed by atoms with Crippen LogP contribution in [0.2, 0.25) is 0 Å². The summed E-state index contributed by atoms with van der Waals surface area (Å²) in [5.41, 5.74) is -0.0667. The summed E-state index contributed by atoms with van der Waals surface area (Å²) >= 11 is 0. The van der Waals surface area contributed by atoms with Crippen LogP contribution in [0.1, 0.15) is 24.9 Å². The fourth-order valence-corrected chi connectivity index (χ4v) is 2.73. The second-order valence-corrected chi connectivity index (χ2v) is 5.93. The number of nitrogens with one attached hydrogen (secondary N) is 1. The van der Waals surface area contributed by atoms with E-state index < -0.39 is 24.4 Å². The minimum absolute atomic E-state index is 0.0667. The normalized spacial score (nSPS) is 20.6. The van der Waals surface area contributed by atoms with Crippen molar-refractivity contribution in [2.24, 2.45) is 5.92 Å². The molecule has 0 saturated carbocycles. The Hall–Kier alpha value is -1.96. The highest BCUT2D eigenvalue weighted by Gasteiger charge is 2.43. The molecule has 24 heavy (non-hydrogen) atoms. The Balaban J connectivity index is 2.10. The number of hydrogen-bond acceptors (Lipinski definition) is 3. The van der Waals surface area contributed by atoms with Gasteiger partial charge < -0.3 is 20.1 Å². The Morgan fingerprint density at radius 1 is 1.38 bits per heavy atom. The number of amides is 2. The fraction of sp³-hybridized carbons (Fsp3) is 0.562. The lowest BCUT2D eigenvalue weighted by Gasteiger charge is -2.26. The number of likely N-dealkylation sites (tertiary alicyclic amines) is 1. The van der Waals surface area contributed by atoms with E-state index in [4.69, 9.17) is 4.74 Å². The van der Waals surface area contributed by atoms with Gasteiger partial charge in [-0.15, -0.1) is 0 Å². The number of alkyl halides is 3. The minimum atomic E-state index is -4.62. The molecule has 0 aliphatic carbocycles. The average Bonchev–Trinajstić information content (AvgIpc) is 3.02. The van der Waals surface area contributed by atoms with E-state index in [9.17, 15) is 23.1 Å². The van der Waals surface area contributed by atoms with Gasteiger partial charge >= 0.3 is 12.2 Å². The van der Waals surface area contributed by atoms with E-state index in [1.54, 1.807) is 6.92 Å². The molecule has 1 heterocycles. The topological polar surface area (TPSA) is 61.8 Å². The number of ether oxygens (including phenoxy) is 1. The van der Waals surface area contributed by atoms with E-state index >= 15 is 0 Å². The molecule has 1 aromatic carbocycles. The van der Waals surface area contributed by atoms with Gasteiger partial charge in [0.25, 0.3) is 0 Å². The van der Waals surface area contributed by atoms with Crippen molar-refractivity contribution < 1.29 is 27.8 Å². The van der Waals surface area contributed by atoms with Crippen molar-refractivity contribution in [1.82, 2.24) is 10.2 Å². The van der Waals surface area contributed by atoms with E-state index in [2.05, 4.69) is 5.32 Å². The number of aliphatic hydroxyl groups is 1. The standard InChI is InChI=1S/C16H21F3N2O3/c1-10(22)12-7-8-21(9-12)15(23)20-14(16(17,18)19)11-3-5-13(24-2)6-4-11/h3-6,10,12,14,22H,7-9H2,1-2H3,(H,20,23). The summed E-state index contributed by atoms with van der Waals surface area (Å²) in [6, 6.07) is 2.51. The summed E-state index contributed by atoms with van der Waals surface area (Å²) in [6.45, 7) is 2.19. The number of benzene rings is 1. The molecule has 2 amide bonds. The van der Waals surface area contributed by atoms with Crippen LogP contribution in [0.3, 0.4) is 0 Å². The number of nitrogens with zero attached hydrogens (tertiary/aromatic N) is 1. The van der Waals surface area contributed by atoms with Gasteiger partial charge in [0.15, 0.2) is 6.04 Å². The van der Waals surface area contributed by atoms with Gasteiger partial charge in [-0.05, 0) is 31.0 Å². The van der Waals surface area contributed by atoms with Gasteiger partial charge in [-0.1, -0.05) is 12.1 Å². The Morgan fingerprint density at radius 3 is 2.46 bits per heavy atom. The molecule has 5 nitrogen and oxygen atoms in total. The van der Waals surface area contributed by atoms with Crippen molar-refractivity contribution in [2.45, 2.75) is 31.7 Å². The van der Waals surface area contributed by atoms with Crippen LogP contribution >= 0.6 is 0 Å². The Labute approximate surface area is 138 Å². The molecule has 0 radical (unpaired) electrons. The molecule has 1 saturated heterocycles. The number of hydrogen-bond donors (Lipinski definition) is 2.